The van der Waals surface area contributed by atoms with Crippen molar-refractivity contribution in [3.63, 3.8) is 0 Å². The van der Waals surface area contributed by atoms with E-state index in [1.54, 1.807) is 0 Å². The molecule has 0 aliphatic heterocycles. The molecule has 2 aliphatic rings. The first-order chi connectivity index (χ1) is 7.26. The molecular weight excluding hydrogens is 182 g/mol. The molecule has 3 unspecified atom stereocenters. The second-order valence-corrected chi connectivity index (χ2v) is 5.73. The van der Waals surface area contributed by atoms with Crippen LogP contribution in [0.1, 0.15) is 65.2 Å². The highest BCUT2D eigenvalue weighted by atomic mass is 14.8. The minimum atomic E-state index is 0.510. The van der Waals surface area contributed by atoms with Crippen molar-refractivity contribution in [2.75, 3.05) is 0 Å². The highest BCUT2D eigenvalue weighted by Gasteiger charge is 2.56. The minimum Gasteiger partial charge on any atom is -0.327 e. The molecule has 88 valence electrons. The summed E-state index contributed by atoms with van der Waals surface area (Å²) in [6.07, 6.45) is 11.3. The lowest BCUT2D eigenvalue weighted by atomic mass is 9.46. The minimum absolute atomic E-state index is 0.510. The molecule has 2 rings (SSSR count). The van der Waals surface area contributed by atoms with Crippen molar-refractivity contribution < 1.29 is 0 Å². The third-order valence-corrected chi connectivity index (χ3v) is 5.50. The van der Waals surface area contributed by atoms with Gasteiger partial charge in [0.2, 0.25) is 0 Å². The summed E-state index contributed by atoms with van der Waals surface area (Å²) in [7, 11) is 0. The first-order valence-electron chi connectivity index (χ1n) is 7.02. The normalized spacial score (nSPS) is 39.8. The van der Waals surface area contributed by atoms with E-state index in [4.69, 9.17) is 5.73 Å². The van der Waals surface area contributed by atoms with Gasteiger partial charge >= 0.3 is 0 Å². The van der Waals surface area contributed by atoms with Crippen molar-refractivity contribution in [3.8, 4) is 0 Å². The Morgan fingerprint density at radius 1 is 1.00 bits per heavy atom. The van der Waals surface area contributed by atoms with Gasteiger partial charge < -0.3 is 5.73 Å². The standard InChI is InChI=1S/C14H27N/c1-3-14(4-2)12-10-8-6-5-7-9-11(12)13(14)15/h11-13H,3-10,15H2,1-2H3. The van der Waals surface area contributed by atoms with E-state index in [2.05, 4.69) is 13.8 Å². The predicted molar refractivity (Wildman–Crippen MR) is 65.7 cm³/mol. The van der Waals surface area contributed by atoms with Crippen LogP contribution in [0, 0.1) is 17.3 Å². The summed E-state index contributed by atoms with van der Waals surface area (Å²) in [5.74, 6) is 1.83. The highest BCUT2D eigenvalue weighted by Crippen LogP contribution is 2.58. The van der Waals surface area contributed by atoms with Crippen LogP contribution in [0.3, 0.4) is 0 Å². The summed E-state index contributed by atoms with van der Waals surface area (Å²) >= 11 is 0. The van der Waals surface area contributed by atoms with Gasteiger partial charge in [-0.2, -0.15) is 0 Å². The van der Waals surface area contributed by atoms with Gasteiger partial charge in [0.15, 0.2) is 0 Å². The number of hydrogen-bond donors (Lipinski definition) is 1. The van der Waals surface area contributed by atoms with Crippen molar-refractivity contribution in [1.29, 1.82) is 0 Å². The van der Waals surface area contributed by atoms with Crippen molar-refractivity contribution >= 4 is 0 Å². The number of fused-ring (bicyclic) bond motifs is 1. The van der Waals surface area contributed by atoms with Gasteiger partial charge in [-0.3, -0.25) is 0 Å². The van der Waals surface area contributed by atoms with Gasteiger partial charge in [0, 0.05) is 6.04 Å². The topological polar surface area (TPSA) is 26.0 Å². The molecule has 0 spiro atoms. The average Bonchev–Trinajstić information content (AvgIpc) is 2.22. The van der Waals surface area contributed by atoms with Gasteiger partial charge in [-0.25, -0.2) is 0 Å². The molecule has 3 atom stereocenters. The summed E-state index contributed by atoms with van der Waals surface area (Å²) in [6, 6.07) is 0.510. The van der Waals surface area contributed by atoms with Crippen LogP contribution in [0.5, 0.6) is 0 Å². The van der Waals surface area contributed by atoms with Gasteiger partial charge in [-0.05, 0) is 42.9 Å². The Morgan fingerprint density at radius 2 is 1.60 bits per heavy atom. The molecule has 0 bridgehead atoms. The van der Waals surface area contributed by atoms with E-state index in [-0.39, 0.29) is 0 Å². The second kappa shape index (κ2) is 4.45. The van der Waals surface area contributed by atoms with E-state index in [1.807, 2.05) is 0 Å². The van der Waals surface area contributed by atoms with Gasteiger partial charge in [-0.15, -0.1) is 0 Å². The highest BCUT2D eigenvalue weighted by molar-refractivity contribution is 5.09. The quantitative estimate of drug-likeness (QED) is 0.737. The Morgan fingerprint density at radius 3 is 2.20 bits per heavy atom. The first-order valence-corrected chi connectivity index (χ1v) is 7.02. The maximum Gasteiger partial charge on any atom is 0.0129 e. The third-order valence-electron chi connectivity index (χ3n) is 5.50. The van der Waals surface area contributed by atoms with E-state index < -0.39 is 0 Å². The van der Waals surface area contributed by atoms with E-state index >= 15 is 0 Å². The lowest BCUT2D eigenvalue weighted by Crippen LogP contribution is -2.64. The predicted octanol–water partition coefficient (Wildman–Crippen LogP) is 3.72. The Labute approximate surface area is 94.8 Å². The largest absolute Gasteiger partial charge is 0.327 e. The fourth-order valence-electron chi connectivity index (χ4n) is 4.46. The fraction of sp³-hybridized carbons (Fsp3) is 1.00. The van der Waals surface area contributed by atoms with Crippen LogP contribution >= 0.6 is 0 Å². The summed E-state index contributed by atoms with van der Waals surface area (Å²) in [5.41, 5.74) is 6.97. The van der Waals surface area contributed by atoms with Crippen LogP contribution in [0.15, 0.2) is 0 Å². The lowest BCUT2D eigenvalue weighted by Gasteiger charge is -2.61. The molecular formula is C14H27N. The van der Waals surface area contributed by atoms with Crippen molar-refractivity contribution in [1.82, 2.24) is 0 Å². The molecule has 0 aromatic rings. The Kier molecular flexibility index (Phi) is 3.39. The average molecular weight is 209 g/mol. The fourth-order valence-corrected chi connectivity index (χ4v) is 4.46. The Hall–Kier alpha value is -0.0400. The van der Waals surface area contributed by atoms with Crippen LogP contribution in [-0.4, -0.2) is 6.04 Å². The van der Waals surface area contributed by atoms with Crippen LogP contribution in [0.25, 0.3) is 0 Å². The van der Waals surface area contributed by atoms with E-state index in [0.717, 1.165) is 11.8 Å². The SMILES string of the molecule is CCC1(CC)C(N)C2CCCCCCC21. The zero-order valence-corrected chi connectivity index (χ0v) is 10.5. The molecule has 2 saturated carbocycles. The smallest absolute Gasteiger partial charge is 0.0129 e. The van der Waals surface area contributed by atoms with Gasteiger partial charge in [0.1, 0.15) is 0 Å². The van der Waals surface area contributed by atoms with E-state index in [0.29, 0.717) is 11.5 Å². The monoisotopic (exact) mass is 209 g/mol. The zero-order chi connectivity index (χ0) is 10.9. The number of rotatable bonds is 2. The lowest BCUT2D eigenvalue weighted by molar-refractivity contribution is -0.0918. The van der Waals surface area contributed by atoms with Crippen LogP contribution < -0.4 is 5.73 Å². The molecule has 2 N–H and O–H groups in total. The Balaban J connectivity index is 2.09. The molecule has 0 aromatic heterocycles. The molecule has 2 aliphatic carbocycles. The molecule has 2 fully saturated rings. The molecule has 0 aromatic carbocycles. The maximum absolute atomic E-state index is 6.45. The molecule has 0 radical (unpaired) electrons. The van der Waals surface area contributed by atoms with Crippen LogP contribution in [0.2, 0.25) is 0 Å². The summed E-state index contributed by atoms with van der Waals surface area (Å²) in [4.78, 5) is 0. The molecule has 0 amide bonds. The molecule has 0 saturated heterocycles. The molecule has 15 heavy (non-hydrogen) atoms. The maximum atomic E-state index is 6.45. The summed E-state index contributed by atoms with van der Waals surface area (Å²) in [5, 5.41) is 0. The molecule has 1 nitrogen and oxygen atoms in total. The summed E-state index contributed by atoms with van der Waals surface area (Å²) < 4.78 is 0. The Bertz CT molecular complexity index is 207. The van der Waals surface area contributed by atoms with Gasteiger partial charge in [0.25, 0.3) is 0 Å². The number of nitrogens with two attached hydrogens (primary N) is 1. The number of hydrogen-bond acceptors (Lipinski definition) is 1. The van der Waals surface area contributed by atoms with Crippen molar-refractivity contribution in [2.24, 2.45) is 23.0 Å². The second-order valence-electron chi connectivity index (χ2n) is 5.73. The van der Waals surface area contributed by atoms with Crippen molar-refractivity contribution in [3.05, 3.63) is 0 Å². The molecule has 1 heteroatoms. The molecule has 0 heterocycles. The van der Waals surface area contributed by atoms with Crippen LogP contribution in [0.4, 0.5) is 0 Å². The summed E-state index contributed by atoms with van der Waals surface area (Å²) in [6.45, 7) is 4.69. The van der Waals surface area contributed by atoms with Crippen LogP contribution in [-0.2, 0) is 0 Å². The van der Waals surface area contributed by atoms with E-state index in [9.17, 15) is 0 Å². The zero-order valence-electron chi connectivity index (χ0n) is 10.5. The van der Waals surface area contributed by atoms with Gasteiger partial charge in [-0.1, -0.05) is 39.5 Å². The van der Waals surface area contributed by atoms with Crippen molar-refractivity contribution in [2.45, 2.75) is 71.3 Å². The third kappa shape index (κ3) is 1.63. The first kappa shape index (κ1) is 11.4. The van der Waals surface area contributed by atoms with Gasteiger partial charge in [0.05, 0.1) is 0 Å². The van der Waals surface area contributed by atoms with E-state index in [1.165, 1.54) is 51.4 Å².